The van der Waals surface area contributed by atoms with Crippen LogP contribution in [0.2, 0.25) is 0 Å². The van der Waals surface area contributed by atoms with Gasteiger partial charge in [0.15, 0.2) is 5.43 Å². The minimum absolute atomic E-state index is 0.197. The van der Waals surface area contributed by atoms with Crippen molar-refractivity contribution in [3.63, 3.8) is 0 Å². The summed E-state index contributed by atoms with van der Waals surface area (Å²) < 4.78 is 0. The number of rotatable bonds is 2. The quantitative estimate of drug-likeness (QED) is 0.916. The highest BCUT2D eigenvalue weighted by molar-refractivity contribution is 5.80. The van der Waals surface area contributed by atoms with E-state index in [-0.39, 0.29) is 5.43 Å². The fraction of sp³-hybridized carbons (Fsp3) is 0.500. The van der Waals surface area contributed by atoms with Gasteiger partial charge in [-0.2, -0.15) is 0 Å². The second kappa shape index (κ2) is 5.64. The van der Waals surface area contributed by atoms with Crippen LogP contribution in [0.3, 0.4) is 0 Å². The first-order valence-electron chi connectivity index (χ1n) is 7.92. The van der Waals surface area contributed by atoms with Crippen LogP contribution in [0.1, 0.15) is 43.0 Å². The molecule has 3 nitrogen and oxygen atoms in total. The van der Waals surface area contributed by atoms with E-state index in [4.69, 9.17) is 0 Å². The van der Waals surface area contributed by atoms with E-state index in [0.29, 0.717) is 6.04 Å². The SMILES string of the molecule is Cc1ccc2[nH]c(C)c(CN3CCCCC3C)c(=O)c2c1. The molecular formula is C18H24N2O. The van der Waals surface area contributed by atoms with E-state index in [2.05, 4.69) is 16.8 Å². The molecule has 21 heavy (non-hydrogen) atoms. The summed E-state index contributed by atoms with van der Waals surface area (Å²) in [6.45, 7) is 8.20. The number of nitrogens with zero attached hydrogens (tertiary/aromatic N) is 1. The Hall–Kier alpha value is -1.61. The highest BCUT2D eigenvalue weighted by Gasteiger charge is 2.20. The van der Waals surface area contributed by atoms with Crippen LogP contribution in [0, 0.1) is 13.8 Å². The number of likely N-dealkylation sites (tertiary alicyclic amines) is 1. The molecule has 0 radical (unpaired) electrons. The number of aromatic nitrogens is 1. The zero-order chi connectivity index (χ0) is 15.0. The number of pyridine rings is 1. The molecule has 0 aliphatic carbocycles. The second-order valence-electron chi connectivity index (χ2n) is 6.42. The molecule has 0 spiro atoms. The van der Waals surface area contributed by atoms with Crippen LogP contribution >= 0.6 is 0 Å². The first-order chi connectivity index (χ1) is 10.1. The molecule has 1 unspecified atom stereocenters. The Balaban J connectivity index is 2.03. The summed E-state index contributed by atoms with van der Waals surface area (Å²) in [5.41, 5.74) is 4.21. The van der Waals surface area contributed by atoms with Crippen LogP contribution in [-0.4, -0.2) is 22.5 Å². The van der Waals surface area contributed by atoms with E-state index in [9.17, 15) is 4.79 Å². The van der Waals surface area contributed by atoms with Crippen molar-refractivity contribution >= 4 is 10.9 Å². The maximum Gasteiger partial charge on any atom is 0.194 e. The number of aryl methyl sites for hydroxylation is 2. The maximum absolute atomic E-state index is 12.8. The van der Waals surface area contributed by atoms with Crippen molar-refractivity contribution in [3.05, 3.63) is 45.2 Å². The number of fused-ring (bicyclic) bond motifs is 1. The lowest BCUT2D eigenvalue weighted by molar-refractivity contribution is 0.152. The number of hydrogen-bond donors (Lipinski definition) is 1. The Morgan fingerprint density at radius 1 is 1.29 bits per heavy atom. The van der Waals surface area contributed by atoms with Gasteiger partial charge in [-0.25, -0.2) is 0 Å². The number of benzene rings is 1. The molecule has 1 aromatic heterocycles. The van der Waals surface area contributed by atoms with Crippen LogP contribution in [-0.2, 0) is 6.54 Å². The van der Waals surface area contributed by atoms with Gasteiger partial charge in [0.25, 0.3) is 0 Å². The summed E-state index contributed by atoms with van der Waals surface area (Å²) in [7, 11) is 0. The molecule has 1 aromatic carbocycles. The molecule has 1 fully saturated rings. The van der Waals surface area contributed by atoms with Crippen LogP contribution in [0.15, 0.2) is 23.0 Å². The predicted octanol–water partition coefficient (Wildman–Crippen LogP) is 3.52. The highest BCUT2D eigenvalue weighted by atomic mass is 16.1. The smallest absolute Gasteiger partial charge is 0.194 e. The van der Waals surface area contributed by atoms with Crippen molar-refractivity contribution in [1.82, 2.24) is 9.88 Å². The standard InChI is InChI=1S/C18H24N2O/c1-12-7-8-17-15(10-12)18(21)16(14(3)19-17)11-20-9-5-4-6-13(20)2/h7-8,10,13H,4-6,9,11H2,1-3H3,(H,19,21). The van der Waals surface area contributed by atoms with Crippen molar-refractivity contribution in [2.24, 2.45) is 0 Å². The number of aromatic amines is 1. The fourth-order valence-electron chi connectivity index (χ4n) is 3.35. The van der Waals surface area contributed by atoms with Gasteiger partial charge in [0.1, 0.15) is 0 Å². The zero-order valence-electron chi connectivity index (χ0n) is 13.2. The molecule has 112 valence electrons. The molecule has 0 saturated carbocycles. The average Bonchev–Trinajstić information content (AvgIpc) is 2.46. The normalized spacial score (nSPS) is 20.0. The summed E-state index contributed by atoms with van der Waals surface area (Å²) in [4.78, 5) is 18.7. The van der Waals surface area contributed by atoms with E-state index >= 15 is 0 Å². The third kappa shape index (κ3) is 2.75. The number of nitrogens with one attached hydrogen (secondary N) is 1. The minimum atomic E-state index is 0.197. The number of H-pyrrole nitrogens is 1. The molecule has 1 atom stereocenters. The Labute approximate surface area is 126 Å². The van der Waals surface area contributed by atoms with E-state index in [0.717, 1.165) is 40.8 Å². The van der Waals surface area contributed by atoms with Crippen LogP contribution in [0.5, 0.6) is 0 Å². The molecule has 2 heterocycles. The molecule has 2 aromatic rings. The molecule has 1 aliphatic rings. The van der Waals surface area contributed by atoms with Crippen LogP contribution in [0.25, 0.3) is 10.9 Å². The summed E-state index contributed by atoms with van der Waals surface area (Å²) in [5.74, 6) is 0. The van der Waals surface area contributed by atoms with Gasteiger partial charge in [-0.15, -0.1) is 0 Å². The van der Waals surface area contributed by atoms with Crippen molar-refractivity contribution in [1.29, 1.82) is 0 Å². The predicted molar refractivity (Wildman–Crippen MR) is 87.8 cm³/mol. The lowest BCUT2D eigenvalue weighted by Crippen LogP contribution is -2.38. The topological polar surface area (TPSA) is 36.1 Å². The van der Waals surface area contributed by atoms with Crippen molar-refractivity contribution in [2.75, 3.05) is 6.54 Å². The summed E-state index contributed by atoms with van der Waals surface area (Å²) >= 11 is 0. The molecule has 1 aliphatic heterocycles. The van der Waals surface area contributed by atoms with Gasteiger partial charge in [0, 0.05) is 34.7 Å². The monoisotopic (exact) mass is 284 g/mol. The lowest BCUT2D eigenvalue weighted by atomic mass is 10.0. The summed E-state index contributed by atoms with van der Waals surface area (Å²) in [6.07, 6.45) is 3.79. The molecule has 0 amide bonds. The summed E-state index contributed by atoms with van der Waals surface area (Å²) in [5, 5.41) is 0.820. The fourth-order valence-corrected chi connectivity index (χ4v) is 3.35. The van der Waals surface area contributed by atoms with Crippen LogP contribution in [0.4, 0.5) is 0 Å². The van der Waals surface area contributed by atoms with Gasteiger partial charge in [0.05, 0.1) is 0 Å². The van der Waals surface area contributed by atoms with Gasteiger partial charge in [-0.05, 0) is 52.3 Å². The lowest BCUT2D eigenvalue weighted by Gasteiger charge is -2.33. The van der Waals surface area contributed by atoms with Gasteiger partial charge >= 0.3 is 0 Å². The molecule has 1 saturated heterocycles. The van der Waals surface area contributed by atoms with E-state index in [1.807, 2.05) is 32.0 Å². The molecular weight excluding hydrogens is 260 g/mol. The minimum Gasteiger partial charge on any atom is -0.358 e. The second-order valence-corrected chi connectivity index (χ2v) is 6.42. The largest absolute Gasteiger partial charge is 0.358 e. The summed E-state index contributed by atoms with van der Waals surface area (Å²) in [6, 6.07) is 6.62. The number of hydrogen-bond acceptors (Lipinski definition) is 2. The Morgan fingerprint density at radius 3 is 2.86 bits per heavy atom. The van der Waals surface area contributed by atoms with E-state index in [1.165, 1.54) is 19.3 Å². The van der Waals surface area contributed by atoms with Gasteiger partial charge in [0.2, 0.25) is 0 Å². The first-order valence-corrected chi connectivity index (χ1v) is 7.92. The molecule has 0 bridgehead atoms. The molecule has 3 rings (SSSR count). The third-order valence-electron chi connectivity index (χ3n) is 4.77. The van der Waals surface area contributed by atoms with Crippen LogP contribution < -0.4 is 5.43 Å². The van der Waals surface area contributed by atoms with Gasteiger partial charge in [-0.1, -0.05) is 18.1 Å². The van der Waals surface area contributed by atoms with Crippen molar-refractivity contribution < 1.29 is 0 Å². The highest BCUT2D eigenvalue weighted by Crippen LogP contribution is 2.20. The van der Waals surface area contributed by atoms with Crippen molar-refractivity contribution in [3.8, 4) is 0 Å². The maximum atomic E-state index is 12.8. The van der Waals surface area contributed by atoms with E-state index < -0.39 is 0 Å². The molecule has 3 heteroatoms. The van der Waals surface area contributed by atoms with E-state index in [1.54, 1.807) is 0 Å². The average molecular weight is 284 g/mol. The Kier molecular flexibility index (Phi) is 3.85. The molecule has 1 N–H and O–H groups in total. The third-order valence-corrected chi connectivity index (χ3v) is 4.77. The Bertz CT molecular complexity index is 717. The zero-order valence-corrected chi connectivity index (χ0v) is 13.2. The van der Waals surface area contributed by atoms with Crippen molar-refractivity contribution in [2.45, 2.75) is 52.6 Å². The first kappa shape index (κ1) is 14.3. The van der Waals surface area contributed by atoms with Gasteiger partial charge in [-0.3, -0.25) is 9.69 Å². The van der Waals surface area contributed by atoms with Gasteiger partial charge < -0.3 is 4.98 Å². The Morgan fingerprint density at radius 2 is 2.10 bits per heavy atom. The number of piperidine rings is 1.